The van der Waals surface area contributed by atoms with E-state index in [2.05, 4.69) is 20.7 Å². The largest absolute Gasteiger partial charge is 0.396 e. The number of aliphatic hydroxyl groups is 1. The fraction of sp³-hybridized carbons (Fsp3) is 0.500. The topological polar surface area (TPSA) is 66.4 Å². The number of nitrogens with one attached hydrogen (secondary N) is 1. The quantitative estimate of drug-likeness (QED) is 0.739. The molecule has 0 bridgehead atoms. The molecule has 108 valence electrons. The van der Waals surface area contributed by atoms with Gasteiger partial charge < -0.3 is 5.11 Å². The van der Waals surface area contributed by atoms with Crippen LogP contribution in [0.25, 0.3) is 0 Å². The maximum atomic E-state index is 13.3. The lowest BCUT2D eigenvalue weighted by Gasteiger charge is -2.09. The molecule has 2 N–H and O–H groups in total. The average molecular weight is 354 g/mol. The molecule has 0 aromatic heterocycles. The SMILES string of the molecule is CC(CO)CCCNS(=O)(=O)c1ccc(Br)c(F)c1. The van der Waals surface area contributed by atoms with E-state index in [-0.39, 0.29) is 28.4 Å². The fourth-order valence-electron chi connectivity index (χ4n) is 1.48. The zero-order valence-electron chi connectivity index (χ0n) is 10.6. The lowest BCUT2D eigenvalue weighted by atomic mass is 10.1. The molecule has 0 saturated heterocycles. The Hall–Kier alpha value is -0.500. The summed E-state index contributed by atoms with van der Waals surface area (Å²) in [6.45, 7) is 2.24. The Morgan fingerprint density at radius 1 is 1.47 bits per heavy atom. The highest BCUT2D eigenvalue weighted by Crippen LogP contribution is 2.19. The standard InChI is InChI=1S/C12H17BrFNO3S/c1-9(8-16)3-2-6-15-19(17,18)10-4-5-11(13)12(14)7-10/h4-5,7,9,15-16H,2-3,6,8H2,1H3. The third-order valence-corrected chi connectivity index (χ3v) is 4.78. The molecule has 0 heterocycles. The molecule has 19 heavy (non-hydrogen) atoms. The summed E-state index contributed by atoms with van der Waals surface area (Å²) >= 11 is 2.97. The minimum Gasteiger partial charge on any atom is -0.396 e. The van der Waals surface area contributed by atoms with E-state index in [9.17, 15) is 12.8 Å². The molecule has 0 radical (unpaired) electrons. The van der Waals surface area contributed by atoms with Crippen molar-refractivity contribution in [2.24, 2.45) is 5.92 Å². The van der Waals surface area contributed by atoms with Crippen molar-refractivity contribution >= 4 is 26.0 Å². The van der Waals surface area contributed by atoms with Gasteiger partial charge in [0, 0.05) is 13.2 Å². The van der Waals surface area contributed by atoms with Crippen molar-refractivity contribution < 1.29 is 17.9 Å². The van der Waals surface area contributed by atoms with Crippen molar-refractivity contribution in [2.45, 2.75) is 24.7 Å². The van der Waals surface area contributed by atoms with Crippen LogP contribution in [0.15, 0.2) is 27.6 Å². The van der Waals surface area contributed by atoms with Crippen LogP contribution < -0.4 is 4.72 Å². The molecule has 1 aromatic carbocycles. The monoisotopic (exact) mass is 353 g/mol. The predicted molar refractivity (Wildman–Crippen MR) is 74.8 cm³/mol. The number of rotatable bonds is 7. The lowest BCUT2D eigenvalue weighted by Crippen LogP contribution is -2.25. The number of hydrogen-bond donors (Lipinski definition) is 2. The van der Waals surface area contributed by atoms with E-state index in [1.165, 1.54) is 12.1 Å². The Balaban J connectivity index is 2.58. The lowest BCUT2D eigenvalue weighted by molar-refractivity contribution is 0.228. The smallest absolute Gasteiger partial charge is 0.240 e. The number of halogens is 2. The second-order valence-corrected chi connectivity index (χ2v) is 7.02. The molecule has 1 aromatic rings. The molecule has 0 aliphatic carbocycles. The molecule has 1 unspecified atom stereocenters. The van der Waals surface area contributed by atoms with Crippen LogP contribution in [-0.2, 0) is 10.0 Å². The molecule has 7 heteroatoms. The van der Waals surface area contributed by atoms with Crippen molar-refractivity contribution in [2.75, 3.05) is 13.2 Å². The van der Waals surface area contributed by atoms with Gasteiger partial charge in [0.25, 0.3) is 0 Å². The number of aliphatic hydroxyl groups excluding tert-OH is 1. The van der Waals surface area contributed by atoms with E-state index in [0.29, 0.717) is 6.42 Å². The molecular formula is C12H17BrFNO3S. The first kappa shape index (κ1) is 16.6. The molecular weight excluding hydrogens is 337 g/mol. The van der Waals surface area contributed by atoms with Crippen LogP contribution in [0.1, 0.15) is 19.8 Å². The number of benzene rings is 1. The van der Waals surface area contributed by atoms with E-state index in [1.807, 2.05) is 6.92 Å². The van der Waals surface area contributed by atoms with E-state index < -0.39 is 15.8 Å². The fourth-order valence-corrected chi connectivity index (χ4v) is 2.81. The van der Waals surface area contributed by atoms with Gasteiger partial charge >= 0.3 is 0 Å². The van der Waals surface area contributed by atoms with Crippen molar-refractivity contribution in [1.29, 1.82) is 0 Å². The van der Waals surface area contributed by atoms with Crippen LogP contribution in [0.5, 0.6) is 0 Å². The molecule has 0 aliphatic rings. The highest BCUT2D eigenvalue weighted by atomic mass is 79.9. The summed E-state index contributed by atoms with van der Waals surface area (Å²) in [7, 11) is -3.68. The van der Waals surface area contributed by atoms with Crippen LogP contribution in [0.4, 0.5) is 4.39 Å². The van der Waals surface area contributed by atoms with E-state index >= 15 is 0 Å². The maximum Gasteiger partial charge on any atom is 0.240 e. The van der Waals surface area contributed by atoms with Gasteiger partial charge in [0.2, 0.25) is 10.0 Å². The molecule has 0 amide bonds. The van der Waals surface area contributed by atoms with Crippen LogP contribution in [0.3, 0.4) is 0 Å². The highest BCUT2D eigenvalue weighted by molar-refractivity contribution is 9.10. The van der Waals surface area contributed by atoms with Crippen molar-refractivity contribution in [3.8, 4) is 0 Å². The van der Waals surface area contributed by atoms with E-state index in [0.717, 1.165) is 12.5 Å². The molecule has 0 fully saturated rings. The number of sulfonamides is 1. The van der Waals surface area contributed by atoms with Gasteiger partial charge in [0.15, 0.2) is 0 Å². The van der Waals surface area contributed by atoms with Gasteiger partial charge in [0.05, 0.1) is 9.37 Å². The summed E-state index contributed by atoms with van der Waals surface area (Å²) < 4.78 is 39.7. The molecule has 0 spiro atoms. The third-order valence-electron chi connectivity index (χ3n) is 2.68. The predicted octanol–water partition coefficient (Wildman–Crippen LogP) is 2.28. The van der Waals surface area contributed by atoms with Gasteiger partial charge in [-0.15, -0.1) is 0 Å². The van der Waals surface area contributed by atoms with Crippen molar-refractivity contribution in [3.63, 3.8) is 0 Å². The van der Waals surface area contributed by atoms with Crippen LogP contribution in [0.2, 0.25) is 0 Å². The van der Waals surface area contributed by atoms with Crippen molar-refractivity contribution in [3.05, 3.63) is 28.5 Å². The van der Waals surface area contributed by atoms with Crippen molar-refractivity contribution in [1.82, 2.24) is 4.72 Å². The zero-order valence-corrected chi connectivity index (χ0v) is 13.0. The summed E-state index contributed by atoms with van der Waals surface area (Å²) in [5.41, 5.74) is 0. The van der Waals surface area contributed by atoms with Crippen LogP contribution >= 0.6 is 15.9 Å². The maximum absolute atomic E-state index is 13.3. The summed E-state index contributed by atoms with van der Waals surface area (Å²) in [5, 5.41) is 8.84. The van der Waals surface area contributed by atoms with Crippen LogP contribution in [-0.4, -0.2) is 26.7 Å². The Morgan fingerprint density at radius 2 is 2.16 bits per heavy atom. The van der Waals surface area contributed by atoms with E-state index in [4.69, 9.17) is 5.11 Å². The van der Waals surface area contributed by atoms with Gasteiger partial charge in [-0.3, -0.25) is 0 Å². The third kappa shape index (κ3) is 5.18. The zero-order chi connectivity index (χ0) is 14.5. The second kappa shape index (κ2) is 7.33. The van der Waals surface area contributed by atoms with Gasteiger partial charge in [-0.2, -0.15) is 0 Å². The second-order valence-electron chi connectivity index (χ2n) is 4.40. The normalized spacial score (nSPS) is 13.5. The minimum absolute atomic E-state index is 0.0880. The molecule has 1 rings (SSSR count). The first-order valence-corrected chi connectivity index (χ1v) is 8.20. The van der Waals surface area contributed by atoms with Crippen LogP contribution in [0, 0.1) is 11.7 Å². The van der Waals surface area contributed by atoms with Gasteiger partial charge in [-0.25, -0.2) is 17.5 Å². The summed E-state index contributed by atoms with van der Waals surface area (Å²) in [4.78, 5) is -0.0941. The number of hydrogen-bond acceptors (Lipinski definition) is 3. The first-order chi connectivity index (χ1) is 8.86. The molecule has 0 saturated carbocycles. The summed E-state index contributed by atoms with van der Waals surface area (Å²) in [6, 6.07) is 3.67. The molecule has 4 nitrogen and oxygen atoms in total. The van der Waals surface area contributed by atoms with E-state index in [1.54, 1.807) is 0 Å². The summed E-state index contributed by atoms with van der Waals surface area (Å²) in [5.74, 6) is -0.466. The molecule has 0 aliphatic heterocycles. The Morgan fingerprint density at radius 3 is 2.74 bits per heavy atom. The Bertz CT molecular complexity index is 522. The first-order valence-electron chi connectivity index (χ1n) is 5.92. The Kier molecular flexibility index (Phi) is 6.38. The van der Waals surface area contributed by atoms with Gasteiger partial charge in [-0.1, -0.05) is 6.92 Å². The highest BCUT2D eigenvalue weighted by Gasteiger charge is 2.15. The minimum atomic E-state index is -3.68. The average Bonchev–Trinajstić information content (AvgIpc) is 2.37. The molecule has 1 atom stereocenters. The van der Waals surface area contributed by atoms with Gasteiger partial charge in [0.1, 0.15) is 5.82 Å². The van der Waals surface area contributed by atoms with Gasteiger partial charge in [-0.05, 0) is 52.9 Å². The summed E-state index contributed by atoms with van der Waals surface area (Å²) in [6.07, 6.45) is 1.35. The Labute approximate surface area is 121 Å².